The van der Waals surface area contributed by atoms with Crippen molar-refractivity contribution in [3.63, 3.8) is 0 Å². The zero-order valence-corrected chi connectivity index (χ0v) is 11.4. The zero-order valence-electron chi connectivity index (χ0n) is 10.6. The van der Waals surface area contributed by atoms with Gasteiger partial charge in [0.15, 0.2) is 5.69 Å². The van der Waals surface area contributed by atoms with Crippen molar-refractivity contribution < 1.29 is 4.79 Å². The van der Waals surface area contributed by atoms with E-state index < -0.39 is 0 Å². The standard InChI is InChI=1S/C12H15N5OS/c1-8-2-3-10(19-8)6-14-12(18)11-7-17(16-15-11)9-4-13-5-9/h2-3,7,9,13H,4-6H2,1H3,(H,14,18). The summed E-state index contributed by atoms with van der Waals surface area (Å²) in [6, 6.07) is 4.40. The van der Waals surface area contributed by atoms with E-state index >= 15 is 0 Å². The van der Waals surface area contributed by atoms with E-state index in [0.29, 0.717) is 18.3 Å². The van der Waals surface area contributed by atoms with E-state index in [1.807, 2.05) is 19.1 Å². The van der Waals surface area contributed by atoms with Crippen LogP contribution in [0.1, 0.15) is 26.3 Å². The third-order valence-electron chi connectivity index (χ3n) is 3.10. The Labute approximate surface area is 114 Å². The quantitative estimate of drug-likeness (QED) is 0.864. The van der Waals surface area contributed by atoms with Crippen molar-refractivity contribution in [3.8, 4) is 0 Å². The van der Waals surface area contributed by atoms with Gasteiger partial charge in [0.25, 0.3) is 5.91 Å². The molecule has 3 rings (SSSR count). The number of carbonyl (C=O) groups excluding carboxylic acids is 1. The first kappa shape index (κ1) is 12.3. The molecule has 19 heavy (non-hydrogen) atoms. The number of nitrogens with one attached hydrogen (secondary N) is 2. The van der Waals surface area contributed by atoms with Crippen LogP contribution in [0.4, 0.5) is 0 Å². The molecule has 0 atom stereocenters. The minimum Gasteiger partial charge on any atom is -0.346 e. The summed E-state index contributed by atoms with van der Waals surface area (Å²) in [5.41, 5.74) is 0.375. The van der Waals surface area contributed by atoms with Gasteiger partial charge in [-0.2, -0.15) is 0 Å². The molecule has 0 aromatic carbocycles. The normalized spacial score (nSPS) is 15.2. The monoisotopic (exact) mass is 277 g/mol. The van der Waals surface area contributed by atoms with Gasteiger partial charge in [0.2, 0.25) is 0 Å². The molecule has 1 aliphatic rings. The van der Waals surface area contributed by atoms with Crippen LogP contribution in [0, 0.1) is 6.92 Å². The first-order valence-electron chi connectivity index (χ1n) is 6.18. The van der Waals surface area contributed by atoms with Gasteiger partial charge in [0, 0.05) is 22.8 Å². The van der Waals surface area contributed by atoms with E-state index in [4.69, 9.17) is 0 Å². The Balaban J connectivity index is 1.58. The largest absolute Gasteiger partial charge is 0.346 e. The molecule has 1 amide bonds. The van der Waals surface area contributed by atoms with Crippen molar-refractivity contribution in [3.05, 3.63) is 33.8 Å². The molecule has 0 radical (unpaired) electrons. The van der Waals surface area contributed by atoms with Crippen LogP contribution in [-0.2, 0) is 6.54 Å². The minimum absolute atomic E-state index is 0.176. The van der Waals surface area contributed by atoms with Gasteiger partial charge in [-0.05, 0) is 19.1 Å². The molecule has 2 aromatic rings. The highest BCUT2D eigenvalue weighted by Gasteiger charge is 2.21. The second-order valence-corrected chi connectivity index (χ2v) is 5.96. The number of hydrogen-bond donors (Lipinski definition) is 2. The van der Waals surface area contributed by atoms with Crippen LogP contribution in [0.5, 0.6) is 0 Å². The Morgan fingerprint density at radius 3 is 3.05 bits per heavy atom. The van der Waals surface area contributed by atoms with Gasteiger partial charge in [-0.1, -0.05) is 5.21 Å². The summed E-state index contributed by atoms with van der Waals surface area (Å²) in [6.07, 6.45) is 1.71. The molecule has 1 saturated heterocycles. The van der Waals surface area contributed by atoms with E-state index in [9.17, 15) is 4.79 Å². The Kier molecular flexibility index (Phi) is 3.31. The van der Waals surface area contributed by atoms with Gasteiger partial charge in [-0.25, -0.2) is 4.68 Å². The van der Waals surface area contributed by atoms with E-state index in [1.165, 1.54) is 4.88 Å². The summed E-state index contributed by atoms with van der Waals surface area (Å²) >= 11 is 1.68. The number of nitrogens with zero attached hydrogens (tertiary/aromatic N) is 3. The maximum atomic E-state index is 11.9. The molecule has 1 fully saturated rings. The summed E-state index contributed by atoms with van der Waals surface area (Å²) in [5.74, 6) is -0.176. The summed E-state index contributed by atoms with van der Waals surface area (Å²) in [6.45, 7) is 4.36. The van der Waals surface area contributed by atoms with Gasteiger partial charge >= 0.3 is 0 Å². The second kappa shape index (κ2) is 5.10. The minimum atomic E-state index is -0.176. The molecule has 0 bridgehead atoms. The number of rotatable bonds is 4. The maximum Gasteiger partial charge on any atom is 0.273 e. The SMILES string of the molecule is Cc1ccc(CNC(=O)c2cn(C3CNC3)nn2)s1. The molecule has 100 valence electrons. The van der Waals surface area contributed by atoms with Crippen molar-refractivity contribution in [2.24, 2.45) is 0 Å². The lowest BCUT2D eigenvalue weighted by molar-refractivity contribution is 0.0946. The summed E-state index contributed by atoms with van der Waals surface area (Å²) in [4.78, 5) is 14.3. The van der Waals surface area contributed by atoms with Crippen LogP contribution >= 0.6 is 11.3 Å². The molecule has 0 unspecified atom stereocenters. The van der Waals surface area contributed by atoms with Crippen molar-refractivity contribution in [1.82, 2.24) is 25.6 Å². The molecule has 2 N–H and O–H groups in total. The average molecular weight is 277 g/mol. The predicted molar refractivity (Wildman–Crippen MR) is 72.2 cm³/mol. The maximum absolute atomic E-state index is 11.9. The molecular weight excluding hydrogens is 262 g/mol. The molecule has 1 aliphatic heterocycles. The topological polar surface area (TPSA) is 71.8 Å². The van der Waals surface area contributed by atoms with E-state index in [-0.39, 0.29) is 5.91 Å². The van der Waals surface area contributed by atoms with Crippen molar-refractivity contribution in [2.75, 3.05) is 13.1 Å². The fraction of sp³-hybridized carbons (Fsp3) is 0.417. The van der Waals surface area contributed by atoms with Crippen LogP contribution in [-0.4, -0.2) is 34.0 Å². The number of aromatic nitrogens is 3. The van der Waals surface area contributed by atoms with Crippen LogP contribution in [0.2, 0.25) is 0 Å². The molecular formula is C12H15N5OS. The van der Waals surface area contributed by atoms with Gasteiger partial charge in [-0.15, -0.1) is 16.4 Å². The van der Waals surface area contributed by atoms with Crippen LogP contribution in [0.3, 0.4) is 0 Å². The average Bonchev–Trinajstić information content (AvgIpc) is 2.93. The van der Waals surface area contributed by atoms with Gasteiger partial charge in [0.05, 0.1) is 18.8 Å². The Morgan fingerprint density at radius 2 is 2.42 bits per heavy atom. The molecule has 3 heterocycles. The molecule has 7 heteroatoms. The fourth-order valence-corrected chi connectivity index (χ4v) is 2.69. The van der Waals surface area contributed by atoms with Gasteiger partial charge in [-0.3, -0.25) is 4.79 Å². The lowest BCUT2D eigenvalue weighted by Gasteiger charge is -2.26. The van der Waals surface area contributed by atoms with E-state index in [0.717, 1.165) is 18.0 Å². The number of amides is 1. The zero-order chi connectivity index (χ0) is 13.2. The molecule has 6 nitrogen and oxygen atoms in total. The molecule has 0 aliphatic carbocycles. The third kappa shape index (κ3) is 2.66. The Hall–Kier alpha value is -1.73. The summed E-state index contributed by atoms with van der Waals surface area (Å²) < 4.78 is 1.75. The predicted octanol–water partition coefficient (Wildman–Crippen LogP) is 0.722. The van der Waals surface area contributed by atoms with Crippen LogP contribution < -0.4 is 10.6 Å². The lowest BCUT2D eigenvalue weighted by atomic mass is 10.2. The molecule has 0 saturated carbocycles. The number of hydrogen-bond acceptors (Lipinski definition) is 5. The van der Waals surface area contributed by atoms with Crippen LogP contribution in [0.15, 0.2) is 18.3 Å². The van der Waals surface area contributed by atoms with Crippen molar-refractivity contribution >= 4 is 17.2 Å². The summed E-state index contributed by atoms with van der Waals surface area (Å²) in [5, 5.41) is 13.9. The Morgan fingerprint density at radius 1 is 1.58 bits per heavy atom. The van der Waals surface area contributed by atoms with Gasteiger partial charge < -0.3 is 10.6 Å². The van der Waals surface area contributed by atoms with E-state index in [1.54, 1.807) is 22.2 Å². The number of thiophene rings is 1. The van der Waals surface area contributed by atoms with E-state index in [2.05, 4.69) is 20.9 Å². The molecule has 0 spiro atoms. The smallest absolute Gasteiger partial charge is 0.273 e. The highest BCUT2D eigenvalue weighted by Crippen LogP contribution is 2.14. The second-order valence-electron chi connectivity index (χ2n) is 4.59. The first-order chi connectivity index (χ1) is 9.22. The molecule has 2 aromatic heterocycles. The number of carbonyl (C=O) groups is 1. The third-order valence-corrected chi connectivity index (χ3v) is 4.10. The van der Waals surface area contributed by atoms with Crippen LogP contribution in [0.25, 0.3) is 0 Å². The van der Waals surface area contributed by atoms with Crippen molar-refractivity contribution in [2.45, 2.75) is 19.5 Å². The number of aryl methyl sites for hydroxylation is 1. The van der Waals surface area contributed by atoms with Gasteiger partial charge in [0.1, 0.15) is 0 Å². The highest BCUT2D eigenvalue weighted by atomic mass is 32.1. The Bertz CT molecular complexity index is 586. The van der Waals surface area contributed by atoms with Crippen molar-refractivity contribution in [1.29, 1.82) is 0 Å². The summed E-state index contributed by atoms with van der Waals surface area (Å²) in [7, 11) is 0. The fourth-order valence-electron chi connectivity index (χ4n) is 1.86. The highest BCUT2D eigenvalue weighted by molar-refractivity contribution is 7.11. The first-order valence-corrected chi connectivity index (χ1v) is 7.00. The lowest BCUT2D eigenvalue weighted by Crippen LogP contribution is -2.43.